The van der Waals surface area contributed by atoms with Crippen LogP contribution in [0.3, 0.4) is 0 Å². The number of hydrogen-bond donors (Lipinski definition) is 0. The van der Waals surface area contributed by atoms with Gasteiger partial charge in [0, 0.05) is 17.0 Å². The van der Waals surface area contributed by atoms with Gasteiger partial charge >= 0.3 is 5.97 Å². The Bertz CT molecular complexity index is 640. The van der Waals surface area contributed by atoms with Crippen LogP contribution in [0.25, 0.3) is 0 Å². The average molecular weight is 339 g/mol. The Balaban J connectivity index is 2.32. The number of benzene rings is 1. The zero-order valence-electron chi connectivity index (χ0n) is 10.8. The molecule has 0 unspecified atom stereocenters. The first kappa shape index (κ1) is 14.2. The van der Waals surface area contributed by atoms with Gasteiger partial charge in [-0.3, -0.25) is 4.79 Å². The van der Waals surface area contributed by atoms with E-state index in [-0.39, 0.29) is 0 Å². The van der Waals surface area contributed by atoms with Crippen LogP contribution in [0.2, 0.25) is 0 Å². The minimum absolute atomic E-state index is 0.341. The van der Waals surface area contributed by atoms with Crippen LogP contribution in [0.4, 0.5) is 0 Å². The Labute approximate surface area is 123 Å². The lowest BCUT2D eigenvalue weighted by Gasteiger charge is -2.10. The van der Waals surface area contributed by atoms with Crippen molar-refractivity contribution in [2.24, 2.45) is 5.10 Å². The quantitative estimate of drug-likeness (QED) is 0.483. The highest BCUT2D eigenvalue weighted by Gasteiger charge is 2.11. The lowest BCUT2D eigenvalue weighted by molar-refractivity contribution is -0.132. The molecule has 104 valence electrons. The van der Waals surface area contributed by atoms with Gasteiger partial charge in [-0.15, -0.1) is 10.2 Å². The van der Waals surface area contributed by atoms with Crippen LogP contribution in [-0.2, 0) is 4.79 Å². The molecule has 0 bridgehead atoms. The van der Waals surface area contributed by atoms with Gasteiger partial charge in [-0.25, -0.2) is 4.68 Å². The van der Waals surface area contributed by atoms with E-state index in [0.717, 1.165) is 5.56 Å². The van der Waals surface area contributed by atoms with Crippen LogP contribution in [0.1, 0.15) is 12.5 Å². The van der Waals surface area contributed by atoms with Crippen LogP contribution < -0.4 is 9.47 Å². The van der Waals surface area contributed by atoms with E-state index in [1.807, 2.05) is 0 Å². The number of carbonyl (C=O) groups is 1. The maximum absolute atomic E-state index is 11.0. The average Bonchev–Trinajstić information content (AvgIpc) is 2.90. The van der Waals surface area contributed by atoms with Crippen molar-refractivity contribution in [3.63, 3.8) is 0 Å². The molecule has 1 aromatic carbocycles. The summed E-state index contributed by atoms with van der Waals surface area (Å²) in [7, 11) is 1.50. The molecule has 0 N–H and O–H groups in total. The second-order valence-corrected chi connectivity index (χ2v) is 4.56. The third-order valence-corrected chi connectivity index (χ3v) is 2.96. The van der Waals surface area contributed by atoms with Gasteiger partial charge in [-0.1, -0.05) is 0 Å². The third-order valence-electron chi connectivity index (χ3n) is 2.27. The molecule has 0 fully saturated rings. The van der Waals surface area contributed by atoms with Gasteiger partial charge in [0.05, 0.1) is 13.3 Å². The van der Waals surface area contributed by atoms with Crippen molar-refractivity contribution < 1.29 is 14.3 Å². The first-order chi connectivity index (χ1) is 9.60. The molecule has 20 heavy (non-hydrogen) atoms. The molecule has 0 spiro atoms. The van der Waals surface area contributed by atoms with Crippen molar-refractivity contribution in [3.8, 4) is 11.5 Å². The number of methoxy groups -OCH3 is 1. The van der Waals surface area contributed by atoms with Crippen LogP contribution in [0.15, 0.2) is 34.4 Å². The second kappa shape index (κ2) is 6.29. The summed E-state index contributed by atoms with van der Waals surface area (Å²) in [4.78, 5) is 11.0. The highest BCUT2D eigenvalue weighted by atomic mass is 79.9. The molecule has 2 aromatic rings. The number of carbonyl (C=O) groups excluding carboxylic acids is 1. The summed E-state index contributed by atoms with van der Waals surface area (Å²) in [5.74, 6) is 0.364. The predicted molar refractivity (Wildman–Crippen MR) is 75.0 cm³/mol. The Morgan fingerprint density at radius 3 is 2.65 bits per heavy atom. The highest BCUT2D eigenvalue weighted by molar-refractivity contribution is 9.10. The molecular formula is C12H11BrN4O3. The first-order valence-corrected chi connectivity index (χ1v) is 6.34. The van der Waals surface area contributed by atoms with Gasteiger partial charge < -0.3 is 9.47 Å². The van der Waals surface area contributed by atoms with Gasteiger partial charge in [-0.2, -0.15) is 5.10 Å². The van der Waals surface area contributed by atoms with E-state index in [0.29, 0.717) is 16.0 Å². The lowest BCUT2D eigenvalue weighted by atomic mass is 10.2. The Kier molecular flexibility index (Phi) is 4.46. The summed E-state index contributed by atoms with van der Waals surface area (Å²) < 4.78 is 12.4. The first-order valence-electron chi connectivity index (χ1n) is 5.55. The van der Waals surface area contributed by atoms with Gasteiger partial charge in [0.2, 0.25) is 0 Å². The molecule has 0 radical (unpaired) electrons. The third kappa shape index (κ3) is 3.41. The molecule has 0 aliphatic carbocycles. The van der Waals surface area contributed by atoms with E-state index >= 15 is 0 Å². The topological polar surface area (TPSA) is 78.6 Å². The van der Waals surface area contributed by atoms with E-state index in [9.17, 15) is 4.79 Å². The van der Waals surface area contributed by atoms with E-state index in [1.165, 1.54) is 31.4 Å². The fourth-order valence-electron chi connectivity index (χ4n) is 1.43. The summed E-state index contributed by atoms with van der Waals surface area (Å²) in [6.45, 7) is 1.33. The maximum atomic E-state index is 11.0. The Morgan fingerprint density at radius 2 is 2.05 bits per heavy atom. The Hall–Kier alpha value is -2.22. The lowest BCUT2D eigenvalue weighted by Crippen LogP contribution is -2.04. The zero-order valence-corrected chi connectivity index (χ0v) is 12.4. The van der Waals surface area contributed by atoms with E-state index in [1.54, 1.807) is 18.3 Å². The van der Waals surface area contributed by atoms with Crippen molar-refractivity contribution in [2.45, 2.75) is 6.92 Å². The fraction of sp³-hybridized carbons (Fsp3) is 0.167. The standard InChI is InChI=1S/C12H11BrN4O3/c1-8(18)20-12-4-10(13)9(3-11(12)19-2)5-16-17-6-14-15-7-17/h3-7H,1-2H3. The summed E-state index contributed by atoms with van der Waals surface area (Å²) in [5, 5.41) is 11.4. The highest BCUT2D eigenvalue weighted by Crippen LogP contribution is 2.33. The number of aromatic nitrogens is 3. The number of hydrogen-bond acceptors (Lipinski definition) is 6. The largest absolute Gasteiger partial charge is 0.493 e. The fourth-order valence-corrected chi connectivity index (χ4v) is 1.85. The van der Waals surface area contributed by atoms with Crippen molar-refractivity contribution in [2.75, 3.05) is 7.11 Å². The zero-order chi connectivity index (χ0) is 14.5. The van der Waals surface area contributed by atoms with Gasteiger partial charge in [-0.05, 0) is 28.1 Å². The molecule has 0 aliphatic heterocycles. The maximum Gasteiger partial charge on any atom is 0.308 e. The van der Waals surface area contributed by atoms with Crippen molar-refractivity contribution in [1.82, 2.24) is 14.9 Å². The molecule has 0 atom stereocenters. The number of nitrogens with zero attached hydrogens (tertiary/aromatic N) is 4. The second-order valence-electron chi connectivity index (χ2n) is 3.70. The monoisotopic (exact) mass is 338 g/mol. The molecule has 1 heterocycles. The number of halogens is 1. The van der Waals surface area contributed by atoms with Crippen LogP contribution in [0.5, 0.6) is 11.5 Å². The normalized spacial score (nSPS) is 10.8. The van der Waals surface area contributed by atoms with Gasteiger partial charge in [0.25, 0.3) is 0 Å². The van der Waals surface area contributed by atoms with E-state index in [4.69, 9.17) is 9.47 Å². The molecular weight excluding hydrogens is 328 g/mol. The van der Waals surface area contributed by atoms with Gasteiger partial charge in [0.15, 0.2) is 11.5 Å². The van der Waals surface area contributed by atoms with Gasteiger partial charge in [0.1, 0.15) is 12.7 Å². The molecule has 7 nitrogen and oxygen atoms in total. The van der Waals surface area contributed by atoms with Crippen LogP contribution in [-0.4, -0.2) is 34.2 Å². The smallest absolute Gasteiger partial charge is 0.308 e. The summed E-state index contributed by atoms with van der Waals surface area (Å²) in [6.07, 6.45) is 4.54. The van der Waals surface area contributed by atoms with Crippen molar-refractivity contribution in [3.05, 3.63) is 34.8 Å². The molecule has 0 saturated carbocycles. The summed E-state index contributed by atoms with van der Waals surface area (Å²) in [6, 6.07) is 3.35. The molecule has 8 heteroatoms. The minimum Gasteiger partial charge on any atom is -0.493 e. The van der Waals surface area contributed by atoms with Crippen LogP contribution >= 0.6 is 15.9 Å². The molecule has 0 aliphatic rings. The SMILES string of the molecule is COc1cc(C=Nn2cnnc2)c(Br)cc1OC(C)=O. The number of rotatable bonds is 4. The van der Waals surface area contributed by atoms with Crippen molar-refractivity contribution in [1.29, 1.82) is 0 Å². The molecule has 1 aromatic heterocycles. The predicted octanol–water partition coefficient (Wildman–Crippen LogP) is 1.86. The number of esters is 1. The molecule has 0 amide bonds. The number of ether oxygens (including phenoxy) is 2. The van der Waals surface area contributed by atoms with Crippen LogP contribution in [0, 0.1) is 0 Å². The summed E-state index contributed by atoms with van der Waals surface area (Å²) >= 11 is 3.39. The van der Waals surface area contributed by atoms with Crippen molar-refractivity contribution >= 4 is 28.1 Å². The van der Waals surface area contributed by atoms with E-state index < -0.39 is 5.97 Å². The summed E-state index contributed by atoms with van der Waals surface area (Å²) in [5.41, 5.74) is 0.756. The molecule has 0 saturated heterocycles. The Morgan fingerprint density at radius 1 is 1.35 bits per heavy atom. The minimum atomic E-state index is -0.416. The van der Waals surface area contributed by atoms with E-state index in [2.05, 4.69) is 31.2 Å². The molecule has 2 rings (SSSR count).